The van der Waals surface area contributed by atoms with Crippen molar-refractivity contribution in [2.75, 3.05) is 18.1 Å². The van der Waals surface area contributed by atoms with Gasteiger partial charge in [0.05, 0.1) is 19.1 Å². The largest absolute Gasteiger partial charge is 0.481 e. The van der Waals surface area contributed by atoms with E-state index in [0.717, 1.165) is 18.0 Å². The number of nitrogens with zero attached hydrogens (tertiary/aromatic N) is 1. The highest BCUT2D eigenvalue weighted by Crippen LogP contribution is 2.25. The van der Waals surface area contributed by atoms with E-state index in [-0.39, 0.29) is 23.6 Å². The average molecular weight is 436 g/mol. The van der Waals surface area contributed by atoms with Crippen LogP contribution in [-0.2, 0) is 26.8 Å². The van der Waals surface area contributed by atoms with Gasteiger partial charge in [-0.2, -0.15) is 0 Å². The van der Waals surface area contributed by atoms with Gasteiger partial charge in [-0.15, -0.1) is 0 Å². The predicted octanol–water partition coefficient (Wildman–Crippen LogP) is 3.23. The molecule has 2 aromatic rings. The molecule has 7 nitrogen and oxygen atoms in total. The zero-order chi connectivity index (χ0) is 22.5. The second-order valence-electron chi connectivity index (χ2n) is 7.78. The molecule has 0 aliphatic carbocycles. The number of hydrogen-bond donors (Lipinski definition) is 2. The number of hydrogen-bond acceptors (Lipinski definition) is 5. The fourth-order valence-corrected chi connectivity index (χ4v) is 3.09. The number of rotatable bonds is 7. The Labute approximate surface area is 176 Å². The molecule has 0 spiro atoms. The lowest BCUT2D eigenvalue weighted by atomic mass is 9.91. The fourth-order valence-electron chi connectivity index (χ4n) is 2.52. The summed E-state index contributed by atoms with van der Waals surface area (Å²) in [4.78, 5) is 16.6. The minimum atomic E-state index is -3.57. The Morgan fingerprint density at radius 2 is 1.93 bits per heavy atom. The van der Waals surface area contributed by atoms with Crippen LogP contribution in [0.25, 0.3) is 6.08 Å². The van der Waals surface area contributed by atoms with E-state index in [1.54, 1.807) is 6.08 Å². The molecule has 30 heavy (non-hydrogen) atoms. The Morgan fingerprint density at radius 1 is 1.23 bits per heavy atom. The molecule has 0 aliphatic rings. The molecule has 1 aromatic carbocycles. The zero-order valence-electron chi connectivity index (χ0n) is 17.6. The van der Waals surface area contributed by atoms with Crippen molar-refractivity contribution in [2.24, 2.45) is 0 Å². The lowest BCUT2D eigenvalue weighted by molar-refractivity contribution is -0.116. The first kappa shape index (κ1) is 23.3. The highest BCUT2D eigenvalue weighted by atomic mass is 32.2. The van der Waals surface area contributed by atoms with Crippen LogP contribution >= 0.6 is 0 Å². The Kier molecular flexibility index (Phi) is 7.20. The summed E-state index contributed by atoms with van der Waals surface area (Å²) in [5.41, 5.74) is 1.74. The molecule has 0 unspecified atom stereocenters. The van der Waals surface area contributed by atoms with Crippen LogP contribution < -0.4 is 14.8 Å². The molecule has 1 amide bonds. The molecular weight excluding hydrogens is 409 g/mol. The Hall–Kier alpha value is -2.94. The van der Waals surface area contributed by atoms with Crippen molar-refractivity contribution >= 4 is 27.7 Å². The first-order chi connectivity index (χ1) is 13.9. The van der Waals surface area contributed by atoms with Crippen LogP contribution in [0.2, 0.25) is 0 Å². The number of ether oxygens (including phenoxy) is 1. The van der Waals surface area contributed by atoms with Crippen molar-refractivity contribution in [3.8, 4) is 5.88 Å². The Morgan fingerprint density at radius 3 is 2.50 bits per heavy atom. The third-order valence-electron chi connectivity index (χ3n) is 4.06. The van der Waals surface area contributed by atoms with E-state index in [4.69, 9.17) is 4.74 Å². The van der Waals surface area contributed by atoms with Gasteiger partial charge in [0.1, 0.15) is 5.82 Å². The molecule has 0 bridgehead atoms. The third kappa shape index (κ3) is 6.84. The predicted molar refractivity (Wildman–Crippen MR) is 115 cm³/mol. The molecule has 1 heterocycles. The van der Waals surface area contributed by atoms with Crippen LogP contribution in [0.3, 0.4) is 0 Å². The number of methoxy groups -OCH3 is 1. The van der Waals surface area contributed by atoms with Crippen LogP contribution in [0.15, 0.2) is 36.4 Å². The normalized spacial score (nSPS) is 12.1. The van der Waals surface area contributed by atoms with E-state index < -0.39 is 15.8 Å². The maximum Gasteiger partial charge on any atom is 0.244 e. The molecule has 0 radical (unpaired) electrons. The van der Waals surface area contributed by atoms with Crippen molar-refractivity contribution in [3.05, 3.63) is 59.0 Å². The molecule has 2 rings (SSSR count). The summed E-state index contributed by atoms with van der Waals surface area (Å²) in [5, 5.41) is 2.64. The van der Waals surface area contributed by atoms with E-state index in [1.807, 2.05) is 32.9 Å². The minimum absolute atomic E-state index is 0.0809. The van der Waals surface area contributed by atoms with Gasteiger partial charge in [0.2, 0.25) is 21.8 Å². The second-order valence-corrected chi connectivity index (χ2v) is 9.53. The lowest BCUT2D eigenvalue weighted by Crippen LogP contribution is -2.20. The monoisotopic (exact) mass is 435 g/mol. The van der Waals surface area contributed by atoms with E-state index in [0.29, 0.717) is 17.0 Å². The maximum absolute atomic E-state index is 14.0. The quantitative estimate of drug-likeness (QED) is 0.651. The van der Waals surface area contributed by atoms with Crippen LogP contribution in [0.1, 0.15) is 37.6 Å². The smallest absolute Gasteiger partial charge is 0.244 e. The molecule has 0 saturated heterocycles. The number of carbonyl (C=O) groups excluding carboxylic acids is 1. The van der Waals surface area contributed by atoms with Crippen molar-refractivity contribution in [2.45, 2.75) is 32.7 Å². The highest BCUT2D eigenvalue weighted by molar-refractivity contribution is 7.92. The van der Waals surface area contributed by atoms with Gasteiger partial charge in [-0.1, -0.05) is 26.8 Å². The molecule has 0 aliphatic heterocycles. The van der Waals surface area contributed by atoms with Crippen molar-refractivity contribution < 1.29 is 22.3 Å². The highest BCUT2D eigenvalue weighted by Gasteiger charge is 2.17. The summed E-state index contributed by atoms with van der Waals surface area (Å²) >= 11 is 0. The van der Waals surface area contributed by atoms with Gasteiger partial charge in [-0.25, -0.2) is 17.8 Å². The molecule has 2 N–H and O–H groups in total. The number of anilines is 1. The van der Waals surface area contributed by atoms with Crippen molar-refractivity contribution in [3.63, 3.8) is 0 Å². The molecule has 9 heteroatoms. The average Bonchev–Trinajstić information content (AvgIpc) is 2.64. The number of carbonyl (C=O) groups is 1. The molecule has 0 saturated carbocycles. The van der Waals surface area contributed by atoms with Gasteiger partial charge < -0.3 is 10.1 Å². The number of benzene rings is 1. The Balaban J connectivity index is 2.03. The van der Waals surface area contributed by atoms with E-state index in [9.17, 15) is 17.6 Å². The van der Waals surface area contributed by atoms with Crippen LogP contribution in [0.4, 0.5) is 10.1 Å². The van der Waals surface area contributed by atoms with Crippen LogP contribution in [-0.4, -0.2) is 32.7 Å². The summed E-state index contributed by atoms with van der Waals surface area (Å²) in [6.07, 6.45) is 3.87. The number of halogens is 1. The van der Waals surface area contributed by atoms with Crippen LogP contribution in [0, 0.1) is 5.82 Å². The summed E-state index contributed by atoms with van der Waals surface area (Å²) in [5.74, 6) is -0.685. The number of aromatic nitrogens is 1. The maximum atomic E-state index is 14.0. The molecule has 1 aromatic heterocycles. The van der Waals surface area contributed by atoms with E-state index in [1.165, 1.54) is 25.3 Å². The molecular formula is C21H26FN3O4S. The lowest BCUT2D eigenvalue weighted by Gasteiger charge is -2.18. The number of nitrogens with one attached hydrogen (secondary N) is 2. The third-order valence-corrected chi connectivity index (χ3v) is 4.65. The Bertz CT molecular complexity index is 1060. The molecule has 0 atom stereocenters. The van der Waals surface area contributed by atoms with Gasteiger partial charge in [0.15, 0.2) is 0 Å². The zero-order valence-corrected chi connectivity index (χ0v) is 18.4. The first-order valence-electron chi connectivity index (χ1n) is 9.16. The van der Waals surface area contributed by atoms with Crippen molar-refractivity contribution in [1.82, 2.24) is 10.3 Å². The number of pyridine rings is 1. The number of amides is 1. The standard InChI is InChI=1S/C21H26FN3O4S/c1-21(2,3)18-10-7-15(20(24-18)29-4)8-11-19(26)23-13-14-6-9-17(16(22)12-14)25-30(5,27)28/h6-12,25H,13H2,1-5H3,(H,23,26)/b11-8+. The van der Waals surface area contributed by atoms with Gasteiger partial charge in [0, 0.05) is 29.3 Å². The summed E-state index contributed by atoms with van der Waals surface area (Å²) in [6.45, 7) is 6.22. The van der Waals surface area contributed by atoms with E-state index in [2.05, 4.69) is 15.0 Å². The van der Waals surface area contributed by atoms with Crippen molar-refractivity contribution in [1.29, 1.82) is 0 Å². The molecule has 0 fully saturated rings. The second kappa shape index (κ2) is 9.25. The summed E-state index contributed by atoms with van der Waals surface area (Å²) < 4.78 is 43.8. The topological polar surface area (TPSA) is 97.4 Å². The van der Waals surface area contributed by atoms with Gasteiger partial charge in [-0.05, 0) is 35.9 Å². The van der Waals surface area contributed by atoms with Gasteiger partial charge in [0.25, 0.3) is 0 Å². The van der Waals surface area contributed by atoms with Gasteiger partial charge in [-0.3, -0.25) is 9.52 Å². The number of sulfonamides is 1. The molecule has 162 valence electrons. The summed E-state index contributed by atoms with van der Waals surface area (Å²) in [7, 11) is -2.06. The fraction of sp³-hybridized carbons (Fsp3) is 0.333. The van der Waals surface area contributed by atoms with Gasteiger partial charge >= 0.3 is 0 Å². The first-order valence-corrected chi connectivity index (χ1v) is 11.1. The van der Waals surface area contributed by atoms with E-state index >= 15 is 0 Å². The minimum Gasteiger partial charge on any atom is -0.481 e. The summed E-state index contributed by atoms with van der Waals surface area (Å²) in [6, 6.07) is 7.71. The van der Waals surface area contributed by atoms with Crippen LogP contribution in [0.5, 0.6) is 5.88 Å². The SMILES string of the molecule is COc1nc(C(C)(C)C)ccc1/C=C/C(=O)NCc1ccc(NS(C)(=O)=O)c(F)c1.